The van der Waals surface area contributed by atoms with Crippen molar-refractivity contribution in [3.05, 3.63) is 64.4 Å². The summed E-state index contributed by atoms with van der Waals surface area (Å²) < 4.78 is 19.2. The fourth-order valence-electron chi connectivity index (χ4n) is 3.41. The minimum atomic E-state index is -0.373. The first-order valence-electron chi connectivity index (χ1n) is 9.27. The largest absolute Gasteiger partial charge is 0.339 e. The van der Waals surface area contributed by atoms with Crippen LogP contribution in [0.1, 0.15) is 23.6 Å². The Labute approximate surface area is 166 Å². The molecule has 7 heteroatoms. The third kappa shape index (κ3) is 4.36. The Kier molecular flexibility index (Phi) is 5.62. The van der Waals surface area contributed by atoms with E-state index in [9.17, 15) is 9.18 Å². The number of thiophene rings is 1. The second-order valence-corrected chi connectivity index (χ2v) is 7.82. The Morgan fingerprint density at radius 2 is 2.21 bits per heavy atom. The van der Waals surface area contributed by atoms with Crippen LogP contribution in [0, 0.1) is 11.7 Å². The standard InChI is InChI=1S/C21H20FN3O2S/c22-18-8-2-1-7-17(18)21-23-19(27-24-21)13-15-5-3-11-25(14-15)20(26)10-9-16-6-4-12-28-16/h1-2,4,6-10,12,15H,3,5,11,13-14H2/b10-9-/t15-/m0/s1. The summed E-state index contributed by atoms with van der Waals surface area (Å²) >= 11 is 1.60. The lowest BCUT2D eigenvalue weighted by molar-refractivity contribution is -0.127. The zero-order valence-electron chi connectivity index (χ0n) is 15.3. The highest BCUT2D eigenvalue weighted by molar-refractivity contribution is 7.10. The number of piperidine rings is 1. The van der Waals surface area contributed by atoms with Gasteiger partial charge in [0.05, 0.1) is 5.56 Å². The predicted molar refractivity (Wildman–Crippen MR) is 106 cm³/mol. The van der Waals surface area contributed by atoms with Crippen LogP contribution in [-0.2, 0) is 11.2 Å². The van der Waals surface area contributed by atoms with Crippen molar-refractivity contribution < 1.29 is 13.7 Å². The van der Waals surface area contributed by atoms with Crippen molar-refractivity contribution in [2.24, 2.45) is 5.92 Å². The molecule has 0 bridgehead atoms. The predicted octanol–water partition coefficient (Wildman–Crippen LogP) is 4.43. The first-order chi connectivity index (χ1) is 13.7. The summed E-state index contributed by atoms with van der Waals surface area (Å²) in [6.45, 7) is 1.42. The Morgan fingerprint density at radius 3 is 3.04 bits per heavy atom. The van der Waals surface area contributed by atoms with Gasteiger partial charge in [0, 0.05) is 30.5 Å². The third-order valence-electron chi connectivity index (χ3n) is 4.81. The van der Waals surface area contributed by atoms with Crippen LogP contribution in [-0.4, -0.2) is 34.0 Å². The van der Waals surface area contributed by atoms with Gasteiger partial charge in [-0.2, -0.15) is 4.98 Å². The van der Waals surface area contributed by atoms with E-state index >= 15 is 0 Å². The van der Waals surface area contributed by atoms with Gasteiger partial charge < -0.3 is 9.42 Å². The molecule has 1 aliphatic rings. The normalized spacial score (nSPS) is 17.3. The zero-order valence-corrected chi connectivity index (χ0v) is 16.1. The maximum Gasteiger partial charge on any atom is 0.246 e. The number of rotatable bonds is 5. The number of nitrogens with zero attached hydrogens (tertiary/aromatic N) is 3. The number of benzene rings is 1. The summed E-state index contributed by atoms with van der Waals surface area (Å²) in [6, 6.07) is 10.3. The molecule has 0 N–H and O–H groups in total. The first-order valence-corrected chi connectivity index (χ1v) is 10.1. The summed E-state index contributed by atoms with van der Waals surface area (Å²) in [4.78, 5) is 19.7. The van der Waals surface area contributed by atoms with E-state index in [0.717, 1.165) is 24.3 Å². The molecule has 0 unspecified atom stereocenters. The second-order valence-electron chi connectivity index (χ2n) is 6.84. The van der Waals surface area contributed by atoms with Crippen molar-refractivity contribution in [1.82, 2.24) is 15.0 Å². The zero-order chi connectivity index (χ0) is 19.3. The van der Waals surface area contributed by atoms with Crippen molar-refractivity contribution >= 4 is 23.3 Å². The molecule has 1 amide bonds. The molecule has 1 fully saturated rings. The van der Waals surface area contributed by atoms with E-state index in [-0.39, 0.29) is 23.5 Å². The van der Waals surface area contributed by atoms with Crippen LogP contribution >= 0.6 is 11.3 Å². The van der Waals surface area contributed by atoms with Crippen molar-refractivity contribution in [2.45, 2.75) is 19.3 Å². The molecule has 28 heavy (non-hydrogen) atoms. The number of amides is 1. The monoisotopic (exact) mass is 397 g/mol. The fraction of sp³-hybridized carbons (Fsp3) is 0.286. The maximum absolute atomic E-state index is 13.9. The molecule has 0 spiro atoms. The summed E-state index contributed by atoms with van der Waals surface area (Å²) in [7, 11) is 0. The van der Waals surface area contributed by atoms with Gasteiger partial charge in [-0.15, -0.1) is 11.3 Å². The average Bonchev–Trinajstić information content (AvgIpc) is 3.39. The number of hydrogen-bond donors (Lipinski definition) is 0. The van der Waals surface area contributed by atoms with Crippen molar-refractivity contribution in [2.75, 3.05) is 13.1 Å². The molecule has 1 atom stereocenters. The Balaban J connectivity index is 1.38. The molecule has 3 aromatic rings. The van der Waals surface area contributed by atoms with E-state index in [0.29, 0.717) is 24.4 Å². The van der Waals surface area contributed by atoms with Crippen molar-refractivity contribution in [3.8, 4) is 11.4 Å². The second kappa shape index (κ2) is 8.48. The lowest BCUT2D eigenvalue weighted by Gasteiger charge is -2.31. The van der Waals surface area contributed by atoms with Crippen LogP contribution in [0.4, 0.5) is 4.39 Å². The van der Waals surface area contributed by atoms with Gasteiger partial charge in [-0.05, 0) is 48.4 Å². The summed E-state index contributed by atoms with van der Waals surface area (Å²) in [5, 5.41) is 5.90. The Hall–Kier alpha value is -2.80. The molecular formula is C21H20FN3O2S. The molecule has 0 saturated carbocycles. The fourth-order valence-corrected chi connectivity index (χ4v) is 4.03. The molecule has 4 rings (SSSR count). The van der Waals surface area contributed by atoms with Gasteiger partial charge in [0.15, 0.2) is 0 Å². The van der Waals surface area contributed by atoms with Crippen LogP contribution in [0.25, 0.3) is 17.5 Å². The molecule has 2 aromatic heterocycles. The minimum absolute atomic E-state index is 0.0238. The van der Waals surface area contributed by atoms with Crippen LogP contribution < -0.4 is 0 Å². The number of likely N-dealkylation sites (tertiary alicyclic amines) is 1. The van der Waals surface area contributed by atoms with Gasteiger partial charge >= 0.3 is 0 Å². The van der Waals surface area contributed by atoms with E-state index in [2.05, 4.69) is 10.1 Å². The van der Waals surface area contributed by atoms with Gasteiger partial charge in [0.1, 0.15) is 5.82 Å². The van der Waals surface area contributed by atoms with Gasteiger partial charge in [-0.3, -0.25) is 4.79 Å². The van der Waals surface area contributed by atoms with E-state index < -0.39 is 0 Å². The smallest absolute Gasteiger partial charge is 0.246 e. The maximum atomic E-state index is 13.9. The molecule has 0 radical (unpaired) electrons. The van der Waals surface area contributed by atoms with E-state index in [1.807, 2.05) is 28.5 Å². The molecular weight excluding hydrogens is 377 g/mol. The number of carbonyl (C=O) groups excluding carboxylic acids is 1. The third-order valence-corrected chi connectivity index (χ3v) is 5.65. The number of halogens is 1. The van der Waals surface area contributed by atoms with Gasteiger partial charge in [0.2, 0.25) is 17.6 Å². The van der Waals surface area contributed by atoms with Crippen LogP contribution in [0.3, 0.4) is 0 Å². The minimum Gasteiger partial charge on any atom is -0.339 e. The first kappa shape index (κ1) is 18.6. The molecule has 3 heterocycles. The van der Waals surface area contributed by atoms with Crippen LogP contribution in [0.5, 0.6) is 0 Å². The highest BCUT2D eigenvalue weighted by atomic mass is 32.1. The van der Waals surface area contributed by atoms with Gasteiger partial charge in [0.25, 0.3) is 0 Å². The lowest BCUT2D eigenvalue weighted by Crippen LogP contribution is -2.39. The Bertz CT molecular complexity index is 968. The number of hydrogen-bond acceptors (Lipinski definition) is 5. The summed E-state index contributed by atoms with van der Waals surface area (Å²) in [6.07, 6.45) is 6.01. The quantitative estimate of drug-likeness (QED) is 0.598. The van der Waals surface area contributed by atoms with Crippen LogP contribution in [0.15, 0.2) is 52.4 Å². The molecule has 1 aromatic carbocycles. The number of carbonyl (C=O) groups is 1. The molecule has 5 nitrogen and oxygen atoms in total. The average molecular weight is 397 g/mol. The number of aromatic nitrogens is 2. The molecule has 0 aliphatic carbocycles. The molecule has 144 valence electrons. The van der Waals surface area contributed by atoms with E-state index in [1.165, 1.54) is 6.07 Å². The topological polar surface area (TPSA) is 59.2 Å². The highest BCUT2D eigenvalue weighted by Gasteiger charge is 2.25. The summed E-state index contributed by atoms with van der Waals surface area (Å²) in [5.74, 6) is 0.640. The lowest BCUT2D eigenvalue weighted by atomic mass is 9.94. The van der Waals surface area contributed by atoms with Crippen LogP contribution in [0.2, 0.25) is 0 Å². The van der Waals surface area contributed by atoms with Gasteiger partial charge in [-0.1, -0.05) is 23.4 Å². The van der Waals surface area contributed by atoms with Crippen molar-refractivity contribution in [1.29, 1.82) is 0 Å². The highest BCUT2D eigenvalue weighted by Crippen LogP contribution is 2.24. The molecule has 1 aliphatic heterocycles. The van der Waals surface area contributed by atoms with Crippen molar-refractivity contribution in [3.63, 3.8) is 0 Å². The molecule has 1 saturated heterocycles. The van der Waals surface area contributed by atoms with Gasteiger partial charge in [-0.25, -0.2) is 4.39 Å². The Morgan fingerprint density at radius 1 is 1.32 bits per heavy atom. The van der Waals surface area contributed by atoms with E-state index in [1.54, 1.807) is 35.6 Å². The summed E-state index contributed by atoms with van der Waals surface area (Å²) in [5.41, 5.74) is 0.330. The SMILES string of the molecule is O=C(/C=C\c1cccs1)N1CCC[C@@H](Cc2nc(-c3ccccc3F)no2)C1. The van der Waals surface area contributed by atoms with E-state index in [4.69, 9.17) is 4.52 Å².